The quantitative estimate of drug-likeness (QED) is 0.816. The molecule has 0 aliphatic rings. The van der Waals surface area contributed by atoms with Gasteiger partial charge in [0.25, 0.3) is 5.91 Å². The summed E-state index contributed by atoms with van der Waals surface area (Å²) in [5.74, 6) is 0.0941. The third kappa shape index (κ3) is 2.85. The Morgan fingerprint density at radius 1 is 1.65 bits per heavy atom. The van der Waals surface area contributed by atoms with Crippen molar-refractivity contribution < 1.29 is 4.79 Å². The summed E-state index contributed by atoms with van der Waals surface area (Å²) in [6, 6.07) is 1.77. The van der Waals surface area contributed by atoms with Crippen LogP contribution in [0.1, 0.15) is 37.0 Å². The van der Waals surface area contributed by atoms with Crippen molar-refractivity contribution in [2.75, 3.05) is 6.54 Å². The first-order valence-electron chi connectivity index (χ1n) is 5.83. The molecule has 0 saturated carbocycles. The molecule has 0 bridgehead atoms. The predicted octanol–water partition coefficient (Wildman–Crippen LogP) is 0.832. The standard InChI is InChI=1S/C12H22N4O/c1-8(2)12(4,7-13)14-11(17)10-6-9(3)16(5)15-10/h6,8H,7,13H2,1-5H3,(H,14,17). The first-order chi connectivity index (χ1) is 7.80. The zero-order chi connectivity index (χ0) is 13.2. The van der Waals surface area contributed by atoms with Crippen LogP contribution >= 0.6 is 0 Å². The molecule has 1 aromatic rings. The van der Waals surface area contributed by atoms with Crippen LogP contribution in [0.2, 0.25) is 0 Å². The number of hydrogen-bond donors (Lipinski definition) is 2. The van der Waals surface area contributed by atoms with Gasteiger partial charge in [0.1, 0.15) is 5.69 Å². The molecule has 1 rings (SSSR count). The Kier molecular flexibility index (Phi) is 3.93. The van der Waals surface area contributed by atoms with E-state index in [0.717, 1.165) is 5.69 Å². The molecule has 1 heterocycles. The number of carbonyl (C=O) groups excluding carboxylic acids is 1. The van der Waals surface area contributed by atoms with E-state index in [1.54, 1.807) is 10.7 Å². The maximum atomic E-state index is 12.0. The largest absolute Gasteiger partial charge is 0.344 e. The van der Waals surface area contributed by atoms with Crippen LogP contribution in [-0.2, 0) is 7.05 Å². The van der Waals surface area contributed by atoms with Gasteiger partial charge in [0.15, 0.2) is 0 Å². The molecule has 1 amide bonds. The lowest BCUT2D eigenvalue weighted by atomic mass is 9.88. The Balaban J connectivity index is 2.85. The fourth-order valence-electron chi connectivity index (χ4n) is 1.43. The number of nitrogens with zero attached hydrogens (tertiary/aromatic N) is 2. The van der Waals surface area contributed by atoms with Gasteiger partial charge in [-0.15, -0.1) is 0 Å². The monoisotopic (exact) mass is 238 g/mol. The van der Waals surface area contributed by atoms with Gasteiger partial charge in [-0.05, 0) is 25.8 Å². The molecule has 17 heavy (non-hydrogen) atoms. The van der Waals surface area contributed by atoms with Crippen molar-refractivity contribution >= 4 is 5.91 Å². The normalized spacial score (nSPS) is 14.8. The summed E-state index contributed by atoms with van der Waals surface area (Å²) in [6.07, 6.45) is 0. The molecule has 0 fully saturated rings. The van der Waals surface area contributed by atoms with Gasteiger partial charge in [-0.2, -0.15) is 5.10 Å². The van der Waals surface area contributed by atoms with Crippen LogP contribution in [0, 0.1) is 12.8 Å². The number of aryl methyl sites for hydroxylation is 2. The van der Waals surface area contributed by atoms with Gasteiger partial charge in [0.05, 0.1) is 5.54 Å². The minimum Gasteiger partial charge on any atom is -0.344 e. The van der Waals surface area contributed by atoms with E-state index in [4.69, 9.17) is 5.73 Å². The number of aromatic nitrogens is 2. The topological polar surface area (TPSA) is 72.9 Å². The molecule has 0 spiro atoms. The van der Waals surface area contributed by atoms with Gasteiger partial charge >= 0.3 is 0 Å². The minimum atomic E-state index is -0.400. The Labute approximate surface area is 102 Å². The third-order valence-corrected chi connectivity index (χ3v) is 3.44. The smallest absolute Gasteiger partial charge is 0.272 e. The van der Waals surface area contributed by atoms with Crippen molar-refractivity contribution in [3.05, 3.63) is 17.5 Å². The van der Waals surface area contributed by atoms with Crippen molar-refractivity contribution in [1.82, 2.24) is 15.1 Å². The van der Waals surface area contributed by atoms with E-state index in [2.05, 4.69) is 10.4 Å². The Morgan fingerprint density at radius 2 is 2.24 bits per heavy atom. The van der Waals surface area contributed by atoms with Crippen LogP contribution < -0.4 is 11.1 Å². The highest BCUT2D eigenvalue weighted by Crippen LogP contribution is 2.15. The molecule has 0 aromatic carbocycles. The molecule has 1 aromatic heterocycles. The zero-order valence-electron chi connectivity index (χ0n) is 11.2. The van der Waals surface area contributed by atoms with Crippen molar-refractivity contribution in [1.29, 1.82) is 0 Å². The van der Waals surface area contributed by atoms with Crippen molar-refractivity contribution in [3.63, 3.8) is 0 Å². The third-order valence-electron chi connectivity index (χ3n) is 3.44. The van der Waals surface area contributed by atoms with Crippen LogP contribution in [0.15, 0.2) is 6.07 Å². The minimum absolute atomic E-state index is 0.171. The van der Waals surface area contributed by atoms with Crippen LogP contribution in [0.3, 0.4) is 0 Å². The first-order valence-corrected chi connectivity index (χ1v) is 5.83. The zero-order valence-corrected chi connectivity index (χ0v) is 11.2. The lowest BCUT2D eigenvalue weighted by Crippen LogP contribution is -2.55. The van der Waals surface area contributed by atoms with Crippen molar-refractivity contribution in [3.8, 4) is 0 Å². The lowest BCUT2D eigenvalue weighted by Gasteiger charge is -2.33. The number of nitrogens with two attached hydrogens (primary N) is 1. The van der Waals surface area contributed by atoms with E-state index >= 15 is 0 Å². The van der Waals surface area contributed by atoms with E-state index in [0.29, 0.717) is 12.2 Å². The number of nitrogens with one attached hydrogen (secondary N) is 1. The molecular formula is C12H22N4O. The number of hydrogen-bond acceptors (Lipinski definition) is 3. The lowest BCUT2D eigenvalue weighted by molar-refractivity contribution is 0.0877. The SMILES string of the molecule is Cc1cc(C(=O)NC(C)(CN)C(C)C)nn1C. The van der Waals surface area contributed by atoms with E-state index in [-0.39, 0.29) is 11.8 Å². The van der Waals surface area contributed by atoms with Crippen molar-refractivity contribution in [2.45, 2.75) is 33.2 Å². The van der Waals surface area contributed by atoms with Gasteiger partial charge < -0.3 is 11.1 Å². The summed E-state index contributed by atoms with van der Waals surface area (Å²) >= 11 is 0. The fraction of sp³-hybridized carbons (Fsp3) is 0.667. The predicted molar refractivity (Wildman–Crippen MR) is 67.7 cm³/mol. The molecule has 0 radical (unpaired) electrons. The average molecular weight is 238 g/mol. The molecule has 0 saturated heterocycles. The molecule has 1 atom stereocenters. The van der Waals surface area contributed by atoms with E-state index in [9.17, 15) is 4.79 Å². The van der Waals surface area contributed by atoms with E-state index < -0.39 is 5.54 Å². The molecule has 3 N–H and O–H groups in total. The van der Waals surface area contributed by atoms with E-state index in [1.807, 2.05) is 34.7 Å². The first kappa shape index (κ1) is 13.7. The molecule has 1 unspecified atom stereocenters. The molecular weight excluding hydrogens is 216 g/mol. The van der Waals surface area contributed by atoms with Gasteiger partial charge in [0.2, 0.25) is 0 Å². The van der Waals surface area contributed by atoms with Crippen LogP contribution in [-0.4, -0.2) is 27.8 Å². The van der Waals surface area contributed by atoms with Crippen LogP contribution in [0.25, 0.3) is 0 Å². The molecule has 0 aliphatic heterocycles. The van der Waals surface area contributed by atoms with Gasteiger partial charge in [-0.1, -0.05) is 13.8 Å². The van der Waals surface area contributed by atoms with Gasteiger partial charge in [-0.25, -0.2) is 0 Å². The number of carbonyl (C=O) groups is 1. The summed E-state index contributed by atoms with van der Waals surface area (Å²) < 4.78 is 1.68. The summed E-state index contributed by atoms with van der Waals surface area (Å²) in [5.41, 5.74) is 6.72. The van der Waals surface area contributed by atoms with E-state index in [1.165, 1.54) is 0 Å². The number of amides is 1. The van der Waals surface area contributed by atoms with Crippen LogP contribution in [0.5, 0.6) is 0 Å². The highest BCUT2D eigenvalue weighted by Gasteiger charge is 2.29. The maximum absolute atomic E-state index is 12.0. The highest BCUT2D eigenvalue weighted by molar-refractivity contribution is 5.92. The van der Waals surface area contributed by atoms with Crippen LogP contribution in [0.4, 0.5) is 0 Å². The second-order valence-electron chi connectivity index (χ2n) is 5.02. The second kappa shape index (κ2) is 4.87. The Bertz CT molecular complexity index is 391. The molecule has 0 aliphatic carbocycles. The molecule has 96 valence electrons. The molecule has 5 nitrogen and oxygen atoms in total. The van der Waals surface area contributed by atoms with Gasteiger partial charge in [-0.3, -0.25) is 9.48 Å². The second-order valence-corrected chi connectivity index (χ2v) is 5.02. The molecule has 5 heteroatoms. The Morgan fingerprint density at radius 3 is 2.59 bits per heavy atom. The van der Waals surface area contributed by atoms with Crippen molar-refractivity contribution in [2.24, 2.45) is 18.7 Å². The van der Waals surface area contributed by atoms with Gasteiger partial charge in [0, 0.05) is 19.3 Å². The summed E-state index contributed by atoms with van der Waals surface area (Å²) in [4.78, 5) is 12.0. The number of rotatable bonds is 4. The fourth-order valence-corrected chi connectivity index (χ4v) is 1.43. The maximum Gasteiger partial charge on any atom is 0.272 e. The summed E-state index contributed by atoms with van der Waals surface area (Å²) in [6.45, 7) is 8.34. The summed E-state index contributed by atoms with van der Waals surface area (Å²) in [7, 11) is 1.82. The highest BCUT2D eigenvalue weighted by atomic mass is 16.2. The average Bonchev–Trinajstić information content (AvgIpc) is 2.59. The Hall–Kier alpha value is -1.36. The summed E-state index contributed by atoms with van der Waals surface area (Å²) in [5, 5.41) is 7.11.